The van der Waals surface area contributed by atoms with E-state index in [1.54, 1.807) is 0 Å². The van der Waals surface area contributed by atoms with Crippen LogP contribution in [0.4, 0.5) is 17.1 Å². The first-order valence-electron chi connectivity index (χ1n) is 13.6. The van der Waals surface area contributed by atoms with Gasteiger partial charge in [-0.2, -0.15) is 0 Å². The molecule has 38 heavy (non-hydrogen) atoms. The molecular formula is C32H39N3O3. The Morgan fingerprint density at radius 1 is 0.947 bits per heavy atom. The highest BCUT2D eigenvalue weighted by Gasteiger charge is 2.49. The maximum Gasteiger partial charge on any atom is 0.340 e. The third-order valence-electron chi connectivity index (χ3n) is 8.00. The summed E-state index contributed by atoms with van der Waals surface area (Å²) in [5.74, 6) is -0.298. The third kappa shape index (κ3) is 4.41. The van der Waals surface area contributed by atoms with E-state index >= 15 is 0 Å². The lowest BCUT2D eigenvalue weighted by molar-refractivity contribution is 0.0250. The van der Waals surface area contributed by atoms with Gasteiger partial charge in [-0.05, 0) is 61.6 Å². The molecule has 0 bridgehead atoms. The molecule has 6 heteroatoms. The van der Waals surface area contributed by atoms with Crippen molar-refractivity contribution in [3.8, 4) is 0 Å². The molecular weight excluding hydrogens is 474 g/mol. The maximum atomic E-state index is 13.5. The predicted molar refractivity (Wildman–Crippen MR) is 155 cm³/mol. The summed E-state index contributed by atoms with van der Waals surface area (Å²) in [4.78, 5) is 17.6. The van der Waals surface area contributed by atoms with Crippen LogP contribution in [0.1, 0.15) is 57.9 Å². The van der Waals surface area contributed by atoms with E-state index in [2.05, 4.69) is 72.6 Å². The van der Waals surface area contributed by atoms with E-state index in [0.29, 0.717) is 5.56 Å². The van der Waals surface area contributed by atoms with Gasteiger partial charge in [0.05, 0.1) is 11.7 Å². The van der Waals surface area contributed by atoms with Crippen LogP contribution in [0.15, 0.2) is 54.6 Å². The van der Waals surface area contributed by atoms with Crippen molar-refractivity contribution in [2.75, 3.05) is 56.5 Å². The van der Waals surface area contributed by atoms with Crippen molar-refractivity contribution in [1.29, 1.82) is 0 Å². The lowest BCUT2D eigenvalue weighted by Crippen LogP contribution is -2.31. The maximum absolute atomic E-state index is 13.5. The molecule has 0 aromatic heterocycles. The molecule has 0 radical (unpaired) electrons. The number of rotatable bonds is 8. The van der Waals surface area contributed by atoms with Crippen molar-refractivity contribution >= 4 is 23.0 Å². The van der Waals surface area contributed by atoms with E-state index in [4.69, 9.17) is 9.47 Å². The highest BCUT2D eigenvalue weighted by molar-refractivity contribution is 5.97. The number of cyclic esters (lactones) is 1. The van der Waals surface area contributed by atoms with E-state index in [-0.39, 0.29) is 12.1 Å². The fourth-order valence-electron chi connectivity index (χ4n) is 5.81. The molecule has 0 aliphatic carbocycles. The number of hydrogen-bond donors (Lipinski definition) is 1. The van der Waals surface area contributed by atoms with Crippen LogP contribution in [0, 0.1) is 6.92 Å². The van der Waals surface area contributed by atoms with Gasteiger partial charge in [0.2, 0.25) is 0 Å². The molecule has 0 saturated carbocycles. The minimum absolute atomic E-state index is 0.227. The number of nitrogens with one attached hydrogen (secondary N) is 1. The van der Waals surface area contributed by atoms with E-state index in [0.717, 1.165) is 71.7 Å². The van der Waals surface area contributed by atoms with Gasteiger partial charge in [0.25, 0.3) is 0 Å². The average molecular weight is 514 g/mol. The highest BCUT2D eigenvalue weighted by atomic mass is 16.6. The molecule has 3 aromatic rings. The Morgan fingerprint density at radius 3 is 2.26 bits per heavy atom. The van der Waals surface area contributed by atoms with Gasteiger partial charge in [0.15, 0.2) is 5.60 Å². The molecule has 3 aromatic carbocycles. The summed E-state index contributed by atoms with van der Waals surface area (Å²) >= 11 is 0. The van der Waals surface area contributed by atoms with Gasteiger partial charge in [-0.1, -0.05) is 37.3 Å². The second-order valence-electron chi connectivity index (χ2n) is 10.8. The molecule has 5 rings (SSSR count). The lowest BCUT2D eigenvalue weighted by Gasteiger charge is -2.33. The lowest BCUT2D eigenvalue weighted by atomic mass is 9.77. The summed E-state index contributed by atoms with van der Waals surface area (Å²) < 4.78 is 12.4. The molecule has 1 N–H and O–H groups in total. The van der Waals surface area contributed by atoms with Crippen molar-refractivity contribution < 1.29 is 14.3 Å². The second kappa shape index (κ2) is 10.3. The zero-order valence-electron chi connectivity index (χ0n) is 23.4. The van der Waals surface area contributed by atoms with Crippen molar-refractivity contribution in [3.05, 3.63) is 88.0 Å². The highest BCUT2D eigenvalue weighted by Crippen LogP contribution is 2.50. The summed E-state index contributed by atoms with van der Waals surface area (Å²) in [5, 5.41) is 3.71. The van der Waals surface area contributed by atoms with Crippen molar-refractivity contribution in [3.63, 3.8) is 0 Å². The Balaban J connectivity index is 1.70. The zero-order valence-corrected chi connectivity index (χ0v) is 23.4. The molecule has 0 spiro atoms. The molecule has 0 amide bonds. The Hall–Kier alpha value is -3.51. The van der Waals surface area contributed by atoms with Crippen LogP contribution in [-0.4, -0.2) is 53.4 Å². The number of aryl methyl sites for hydroxylation is 1. The quantitative estimate of drug-likeness (QED) is 0.388. The summed E-state index contributed by atoms with van der Waals surface area (Å²) in [6, 6.07) is 18.7. The fourth-order valence-corrected chi connectivity index (χ4v) is 5.81. The number of esters is 1. The number of fused-ring (bicyclic) bond motifs is 1. The van der Waals surface area contributed by atoms with Gasteiger partial charge in [-0.15, -0.1) is 0 Å². The Morgan fingerprint density at radius 2 is 1.63 bits per heavy atom. The van der Waals surface area contributed by atoms with Gasteiger partial charge >= 0.3 is 5.97 Å². The van der Waals surface area contributed by atoms with E-state index in [9.17, 15) is 4.79 Å². The molecule has 2 atom stereocenters. The molecule has 1 saturated heterocycles. The summed E-state index contributed by atoms with van der Waals surface area (Å²) in [7, 11) is 8.01. The number of carbonyl (C=O) groups is 1. The van der Waals surface area contributed by atoms with Crippen LogP contribution < -0.4 is 15.1 Å². The molecule has 200 valence electrons. The minimum atomic E-state index is -1.04. The largest absolute Gasteiger partial charge is 0.441 e. The number of benzene rings is 3. The number of carbonyl (C=O) groups excluding carboxylic acids is 1. The van der Waals surface area contributed by atoms with E-state index < -0.39 is 5.60 Å². The number of anilines is 3. The summed E-state index contributed by atoms with van der Waals surface area (Å²) in [6.07, 6.45) is 3.32. The molecule has 2 heterocycles. The smallest absolute Gasteiger partial charge is 0.340 e. The molecule has 1 fully saturated rings. The summed E-state index contributed by atoms with van der Waals surface area (Å²) in [5.41, 5.74) is 7.87. The van der Waals surface area contributed by atoms with Crippen LogP contribution in [0.3, 0.4) is 0 Å². The monoisotopic (exact) mass is 513 g/mol. The number of ether oxygens (including phenoxy) is 2. The Labute approximate surface area is 226 Å². The first-order chi connectivity index (χ1) is 18.3. The second-order valence-corrected chi connectivity index (χ2v) is 10.8. The standard InChI is InChI=1S/C32H39N3O3/c1-7-22-10-16-28(21(2)30(22)33-20-26-9-8-18-37-26)32(23-11-13-24(14-12-23)34(3)4)29-17-15-25(35(5)6)19-27(29)31(36)38-32/h10-17,19,26,33H,7-9,18,20H2,1-6H3. The van der Waals surface area contributed by atoms with E-state index in [1.807, 2.05) is 39.2 Å². The van der Waals surface area contributed by atoms with Gasteiger partial charge < -0.3 is 24.6 Å². The SMILES string of the molecule is CCc1ccc(C2(c3ccc(N(C)C)cc3)OC(=O)c3cc(N(C)C)ccc32)c(C)c1NCC1CCCO1. The first kappa shape index (κ1) is 26.1. The Kier molecular flexibility index (Phi) is 7.10. The van der Waals surface area contributed by atoms with Crippen LogP contribution in [0.25, 0.3) is 0 Å². The average Bonchev–Trinajstić information content (AvgIpc) is 3.54. The third-order valence-corrected chi connectivity index (χ3v) is 8.00. The zero-order chi connectivity index (χ0) is 27.0. The topological polar surface area (TPSA) is 54.0 Å². The van der Waals surface area contributed by atoms with E-state index in [1.165, 1.54) is 5.56 Å². The van der Waals surface area contributed by atoms with Crippen LogP contribution in [-0.2, 0) is 21.5 Å². The van der Waals surface area contributed by atoms with Crippen LogP contribution >= 0.6 is 0 Å². The van der Waals surface area contributed by atoms with Gasteiger partial charge in [0, 0.05) is 75.1 Å². The molecule has 2 aliphatic heterocycles. The molecule has 2 unspecified atom stereocenters. The molecule has 2 aliphatic rings. The number of hydrogen-bond acceptors (Lipinski definition) is 6. The minimum Gasteiger partial charge on any atom is -0.441 e. The fraction of sp³-hybridized carbons (Fsp3) is 0.406. The normalized spacial score (nSPS) is 20.3. The summed E-state index contributed by atoms with van der Waals surface area (Å²) in [6.45, 7) is 5.92. The van der Waals surface area contributed by atoms with Gasteiger partial charge in [-0.25, -0.2) is 4.79 Å². The van der Waals surface area contributed by atoms with Crippen molar-refractivity contribution in [1.82, 2.24) is 0 Å². The number of nitrogens with zero attached hydrogens (tertiary/aromatic N) is 2. The van der Waals surface area contributed by atoms with Gasteiger partial charge in [-0.3, -0.25) is 0 Å². The van der Waals surface area contributed by atoms with Crippen LogP contribution in [0.5, 0.6) is 0 Å². The molecule has 6 nitrogen and oxygen atoms in total. The first-order valence-corrected chi connectivity index (χ1v) is 13.6. The Bertz CT molecular complexity index is 1330. The van der Waals surface area contributed by atoms with Crippen molar-refractivity contribution in [2.24, 2.45) is 0 Å². The predicted octanol–water partition coefficient (Wildman–Crippen LogP) is 5.74. The van der Waals surface area contributed by atoms with Gasteiger partial charge in [0.1, 0.15) is 0 Å². The van der Waals surface area contributed by atoms with Crippen molar-refractivity contribution in [2.45, 2.75) is 44.8 Å². The van der Waals surface area contributed by atoms with Crippen LogP contribution in [0.2, 0.25) is 0 Å².